The van der Waals surface area contributed by atoms with Crippen LogP contribution in [-0.4, -0.2) is 32.3 Å². The van der Waals surface area contributed by atoms with E-state index in [1.807, 2.05) is 0 Å². The van der Waals surface area contributed by atoms with Crippen LogP contribution in [0.15, 0.2) is 24.3 Å². The average Bonchev–Trinajstić information content (AvgIpc) is 2.64. The smallest absolute Gasteiger partial charge is 0.338 e. The molecule has 4 aliphatic carbocycles. The van der Waals surface area contributed by atoms with Gasteiger partial charge in [0.2, 0.25) is 0 Å². The summed E-state index contributed by atoms with van der Waals surface area (Å²) in [5, 5.41) is 0. The number of hydrogen-bond donors (Lipinski definition) is 0. The predicted molar refractivity (Wildman–Crippen MR) is 94.8 cm³/mol. The highest BCUT2D eigenvalue weighted by molar-refractivity contribution is 5.89. The molecule has 4 aliphatic rings. The third-order valence-electron chi connectivity index (χ3n) is 6.35. The maximum Gasteiger partial charge on any atom is 0.338 e. The second-order valence-corrected chi connectivity index (χ2v) is 8.20. The average molecular weight is 358 g/mol. The van der Waals surface area contributed by atoms with Crippen LogP contribution in [0.5, 0.6) is 5.75 Å². The number of hydrogen-bond acceptors (Lipinski definition) is 5. The van der Waals surface area contributed by atoms with E-state index in [-0.39, 0.29) is 24.6 Å². The summed E-state index contributed by atoms with van der Waals surface area (Å²) in [6.45, 7) is 0.214. The number of rotatable bonds is 6. The van der Waals surface area contributed by atoms with E-state index in [4.69, 9.17) is 14.2 Å². The van der Waals surface area contributed by atoms with E-state index in [2.05, 4.69) is 0 Å². The fraction of sp³-hybridized carbons (Fsp3) is 0.619. The van der Waals surface area contributed by atoms with Crippen LogP contribution in [0.1, 0.15) is 48.9 Å². The molecule has 140 valence electrons. The Bertz CT molecular complexity index is 643. The highest BCUT2D eigenvalue weighted by Gasteiger charge is 2.55. The molecule has 0 saturated heterocycles. The molecule has 4 fully saturated rings. The molecule has 4 saturated carbocycles. The van der Waals surface area contributed by atoms with Crippen molar-refractivity contribution in [1.82, 2.24) is 0 Å². The molecule has 0 aromatic heterocycles. The number of benzene rings is 1. The number of esters is 2. The molecule has 0 unspecified atom stereocenters. The summed E-state index contributed by atoms with van der Waals surface area (Å²) < 4.78 is 15.8. The highest BCUT2D eigenvalue weighted by Crippen LogP contribution is 2.60. The molecule has 0 spiro atoms. The van der Waals surface area contributed by atoms with Crippen molar-refractivity contribution in [1.29, 1.82) is 0 Å². The summed E-state index contributed by atoms with van der Waals surface area (Å²) in [6, 6.07) is 6.73. The summed E-state index contributed by atoms with van der Waals surface area (Å²) in [5.41, 5.74) is 0.201. The summed E-state index contributed by atoms with van der Waals surface area (Å²) in [4.78, 5) is 24.7. The zero-order valence-electron chi connectivity index (χ0n) is 15.2. The van der Waals surface area contributed by atoms with Crippen LogP contribution in [0.4, 0.5) is 0 Å². The van der Waals surface area contributed by atoms with Gasteiger partial charge >= 0.3 is 11.9 Å². The fourth-order valence-corrected chi connectivity index (χ4v) is 5.59. The zero-order valence-corrected chi connectivity index (χ0v) is 15.2. The summed E-state index contributed by atoms with van der Waals surface area (Å²) in [7, 11) is 1.57. The predicted octanol–water partition coefficient (Wildman–Crippen LogP) is 3.61. The van der Waals surface area contributed by atoms with Crippen molar-refractivity contribution in [2.45, 2.75) is 38.5 Å². The monoisotopic (exact) mass is 358 g/mol. The summed E-state index contributed by atoms with van der Waals surface area (Å²) in [5.74, 6) is 2.33. The third-order valence-corrected chi connectivity index (χ3v) is 6.35. The van der Waals surface area contributed by atoms with Crippen LogP contribution in [0.3, 0.4) is 0 Å². The Balaban J connectivity index is 1.24. The molecule has 5 rings (SSSR count). The number of ether oxygens (including phenoxy) is 3. The third kappa shape index (κ3) is 3.31. The Morgan fingerprint density at radius 1 is 0.923 bits per heavy atom. The van der Waals surface area contributed by atoms with Crippen molar-refractivity contribution in [3.05, 3.63) is 29.8 Å². The van der Waals surface area contributed by atoms with Gasteiger partial charge < -0.3 is 14.2 Å². The van der Waals surface area contributed by atoms with Crippen LogP contribution in [0, 0.1) is 23.2 Å². The summed E-state index contributed by atoms with van der Waals surface area (Å²) >= 11 is 0. The van der Waals surface area contributed by atoms with E-state index >= 15 is 0 Å². The lowest BCUT2D eigenvalue weighted by molar-refractivity contribution is -0.172. The summed E-state index contributed by atoms with van der Waals surface area (Å²) in [6.07, 6.45) is 6.86. The van der Waals surface area contributed by atoms with Crippen LogP contribution >= 0.6 is 0 Å². The number of carbonyl (C=O) groups excluding carboxylic acids is 2. The van der Waals surface area contributed by atoms with Crippen molar-refractivity contribution in [3.63, 3.8) is 0 Å². The van der Waals surface area contributed by atoms with E-state index in [0.29, 0.717) is 29.1 Å². The second-order valence-electron chi connectivity index (χ2n) is 8.20. The van der Waals surface area contributed by atoms with Gasteiger partial charge in [0.25, 0.3) is 0 Å². The molecular formula is C21H26O5. The molecule has 26 heavy (non-hydrogen) atoms. The van der Waals surface area contributed by atoms with Gasteiger partial charge in [-0.3, -0.25) is 4.79 Å². The largest absolute Gasteiger partial charge is 0.497 e. The van der Waals surface area contributed by atoms with Gasteiger partial charge in [-0.15, -0.1) is 0 Å². The van der Waals surface area contributed by atoms with Gasteiger partial charge in [0.15, 0.2) is 0 Å². The minimum Gasteiger partial charge on any atom is -0.497 e. The van der Waals surface area contributed by atoms with Gasteiger partial charge in [0.05, 0.1) is 18.1 Å². The molecule has 5 heteroatoms. The number of carbonyl (C=O) groups is 2. The van der Waals surface area contributed by atoms with E-state index in [0.717, 1.165) is 19.3 Å². The Kier molecular flexibility index (Phi) is 4.63. The second kappa shape index (κ2) is 6.93. The van der Waals surface area contributed by atoms with Gasteiger partial charge in [0, 0.05) is 0 Å². The topological polar surface area (TPSA) is 61.8 Å². The highest BCUT2D eigenvalue weighted by atomic mass is 16.6. The normalized spacial score (nSPS) is 31.5. The van der Waals surface area contributed by atoms with Gasteiger partial charge in [0.1, 0.15) is 19.0 Å². The van der Waals surface area contributed by atoms with Crippen LogP contribution in [-0.2, 0) is 14.3 Å². The molecule has 0 aliphatic heterocycles. The first-order chi connectivity index (χ1) is 12.6. The lowest BCUT2D eigenvalue weighted by Gasteiger charge is -2.55. The molecule has 0 N–H and O–H groups in total. The van der Waals surface area contributed by atoms with Crippen LogP contribution < -0.4 is 4.74 Å². The number of methoxy groups -OCH3 is 1. The van der Waals surface area contributed by atoms with Crippen molar-refractivity contribution < 1.29 is 23.8 Å². The lowest BCUT2D eigenvalue weighted by atomic mass is 9.49. The van der Waals surface area contributed by atoms with Gasteiger partial charge in [-0.2, -0.15) is 0 Å². The van der Waals surface area contributed by atoms with E-state index in [9.17, 15) is 9.59 Å². The van der Waals surface area contributed by atoms with E-state index < -0.39 is 5.97 Å². The molecule has 0 amide bonds. The van der Waals surface area contributed by atoms with Crippen LogP contribution in [0.2, 0.25) is 0 Å². The van der Waals surface area contributed by atoms with Crippen molar-refractivity contribution in [2.24, 2.45) is 23.2 Å². The lowest BCUT2D eigenvalue weighted by Crippen LogP contribution is -2.50. The molecule has 4 bridgehead atoms. The van der Waals surface area contributed by atoms with Crippen molar-refractivity contribution in [3.8, 4) is 5.75 Å². The van der Waals surface area contributed by atoms with Gasteiger partial charge in [-0.05, 0) is 80.5 Å². The molecule has 5 nitrogen and oxygen atoms in total. The molecule has 0 atom stereocenters. The minimum absolute atomic E-state index is 0.0721. The maximum atomic E-state index is 12.7. The Morgan fingerprint density at radius 3 is 2.00 bits per heavy atom. The minimum atomic E-state index is -0.418. The first-order valence-electron chi connectivity index (χ1n) is 9.56. The van der Waals surface area contributed by atoms with Crippen molar-refractivity contribution in [2.75, 3.05) is 20.3 Å². The Hall–Kier alpha value is -2.04. The van der Waals surface area contributed by atoms with Gasteiger partial charge in [-0.25, -0.2) is 4.79 Å². The zero-order chi connectivity index (χ0) is 18.1. The van der Waals surface area contributed by atoms with E-state index in [1.54, 1.807) is 31.4 Å². The first-order valence-corrected chi connectivity index (χ1v) is 9.56. The maximum absolute atomic E-state index is 12.7. The molecule has 0 heterocycles. The molecule has 0 radical (unpaired) electrons. The standard InChI is InChI=1S/C21H26O5/c1-24-18-4-2-17(3-5-18)19(22)25-6-7-26-20(23)21-11-14-8-15(12-21)10-16(9-14)13-21/h2-5,14-16H,6-13H2,1H3. The molecular weight excluding hydrogens is 332 g/mol. The first kappa shape index (κ1) is 17.4. The fourth-order valence-electron chi connectivity index (χ4n) is 5.59. The van der Waals surface area contributed by atoms with Crippen molar-refractivity contribution >= 4 is 11.9 Å². The quantitative estimate of drug-likeness (QED) is 0.574. The molecule has 1 aromatic rings. The van der Waals surface area contributed by atoms with E-state index in [1.165, 1.54) is 19.3 Å². The molecule has 1 aromatic carbocycles. The van der Waals surface area contributed by atoms with Crippen LogP contribution in [0.25, 0.3) is 0 Å². The van der Waals surface area contributed by atoms with Gasteiger partial charge in [-0.1, -0.05) is 0 Å². The Morgan fingerprint density at radius 2 is 1.46 bits per heavy atom. The Labute approximate surface area is 154 Å². The SMILES string of the molecule is COc1ccc(C(=O)OCCOC(=O)C23CC4CC(CC(C4)C2)C3)cc1.